The summed E-state index contributed by atoms with van der Waals surface area (Å²) in [7, 11) is 1.35. The predicted molar refractivity (Wildman–Crippen MR) is 101 cm³/mol. The van der Waals surface area contributed by atoms with E-state index in [2.05, 4.69) is 14.6 Å². The molecule has 1 aromatic carbocycles. The Morgan fingerprint density at radius 1 is 1.15 bits per heavy atom. The number of rotatable bonds is 6. The van der Waals surface area contributed by atoms with E-state index in [1.807, 2.05) is 32.0 Å². The highest BCUT2D eigenvalue weighted by Crippen LogP contribution is 2.17. The van der Waals surface area contributed by atoms with Crippen LogP contribution in [0.1, 0.15) is 43.4 Å². The van der Waals surface area contributed by atoms with Gasteiger partial charge < -0.3 is 19.0 Å². The number of ether oxygens (including phenoxy) is 1. The molecule has 0 spiro atoms. The van der Waals surface area contributed by atoms with E-state index in [-0.39, 0.29) is 11.9 Å². The van der Waals surface area contributed by atoms with E-state index in [0.717, 1.165) is 22.7 Å². The molecule has 0 aliphatic rings. The number of nitrogens with zero attached hydrogens (tertiary/aromatic N) is 1. The number of nitrogens with one attached hydrogen (secondary N) is 1. The molecule has 3 aromatic rings. The molecule has 0 aliphatic carbocycles. The summed E-state index contributed by atoms with van der Waals surface area (Å²) in [6, 6.07) is 12.6. The first-order valence-corrected chi connectivity index (χ1v) is 8.64. The molecule has 0 radical (unpaired) electrons. The molecule has 3 rings (SSSR count). The molecule has 1 amide bonds. The number of hydrogen-bond acceptors (Lipinski definition) is 4. The fraction of sp³-hybridized carbons (Fsp3) is 0.238. The van der Waals surface area contributed by atoms with Crippen LogP contribution in [-0.2, 0) is 17.8 Å². The standard InChI is InChI=1S/C21H22N2O4/c1-14-11-19(15(2)23(14)13-18-5-4-10-27-18)20(24)22-12-16-6-8-17(9-7-16)21(25)26-3/h4-11H,12-13H2,1-3H3,(H,22,24). The van der Waals surface area contributed by atoms with Crippen LogP contribution in [0.3, 0.4) is 0 Å². The third-order valence-corrected chi connectivity index (χ3v) is 4.54. The van der Waals surface area contributed by atoms with Crippen LogP contribution in [0.15, 0.2) is 53.1 Å². The second kappa shape index (κ2) is 7.95. The Kier molecular flexibility index (Phi) is 5.45. The van der Waals surface area contributed by atoms with E-state index in [9.17, 15) is 9.59 Å². The van der Waals surface area contributed by atoms with E-state index < -0.39 is 0 Å². The van der Waals surface area contributed by atoms with Gasteiger partial charge in [0.1, 0.15) is 5.76 Å². The van der Waals surface area contributed by atoms with Crippen molar-refractivity contribution in [3.8, 4) is 0 Å². The number of benzene rings is 1. The fourth-order valence-electron chi connectivity index (χ4n) is 2.99. The van der Waals surface area contributed by atoms with E-state index in [4.69, 9.17) is 4.42 Å². The summed E-state index contributed by atoms with van der Waals surface area (Å²) < 4.78 is 12.1. The number of aryl methyl sites for hydroxylation is 1. The number of methoxy groups -OCH3 is 1. The number of carbonyl (C=O) groups is 2. The van der Waals surface area contributed by atoms with Gasteiger partial charge in [0.05, 0.1) is 31.0 Å². The third-order valence-electron chi connectivity index (χ3n) is 4.54. The van der Waals surface area contributed by atoms with Crippen LogP contribution < -0.4 is 5.32 Å². The highest BCUT2D eigenvalue weighted by Gasteiger charge is 2.16. The molecular formula is C21H22N2O4. The van der Waals surface area contributed by atoms with Crippen molar-refractivity contribution in [2.24, 2.45) is 0 Å². The third kappa shape index (κ3) is 4.11. The first kappa shape index (κ1) is 18.5. The summed E-state index contributed by atoms with van der Waals surface area (Å²) in [5, 5.41) is 2.93. The van der Waals surface area contributed by atoms with Crippen LogP contribution in [-0.4, -0.2) is 23.6 Å². The first-order valence-electron chi connectivity index (χ1n) is 8.64. The van der Waals surface area contributed by atoms with Gasteiger partial charge in [-0.15, -0.1) is 0 Å². The van der Waals surface area contributed by atoms with Gasteiger partial charge in [0.2, 0.25) is 0 Å². The maximum atomic E-state index is 12.6. The Balaban J connectivity index is 1.67. The molecule has 0 fully saturated rings. The SMILES string of the molecule is COC(=O)c1ccc(CNC(=O)c2cc(C)n(Cc3ccco3)c2C)cc1. The second-order valence-corrected chi connectivity index (χ2v) is 6.32. The van der Waals surface area contributed by atoms with E-state index >= 15 is 0 Å². The minimum Gasteiger partial charge on any atom is -0.467 e. The van der Waals surface area contributed by atoms with Crippen molar-refractivity contribution in [1.82, 2.24) is 9.88 Å². The number of esters is 1. The summed E-state index contributed by atoms with van der Waals surface area (Å²) in [5.74, 6) is 0.329. The van der Waals surface area contributed by atoms with Crippen molar-refractivity contribution in [3.05, 3.63) is 82.6 Å². The summed E-state index contributed by atoms with van der Waals surface area (Å²) in [6.45, 7) is 4.86. The molecule has 1 N–H and O–H groups in total. The Morgan fingerprint density at radius 3 is 2.52 bits per heavy atom. The largest absolute Gasteiger partial charge is 0.467 e. The number of carbonyl (C=O) groups excluding carboxylic acids is 2. The zero-order chi connectivity index (χ0) is 19.4. The predicted octanol–water partition coefficient (Wildman–Crippen LogP) is 3.46. The monoisotopic (exact) mass is 366 g/mol. The van der Waals surface area contributed by atoms with Crippen molar-refractivity contribution in [3.63, 3.8) is 0 Å². The van der Waals surface area contributed by atoms with Crippen molar-refractivity contribution < 1.29 is 18.7 Å². The Bertz CT molecular complexity index is 937. The highest BCUT2D eigenvalue weighted by molar-refractivity contribution is 5.95. The molecule has 6 heteroatoms. The van der Waals surface area contributed by atoms with Crippen LogP contribution >= 0.6 is 0 Å². The zero-order valence-corrected chi connectivity index (χ0v) is 15.6. The quantitative estimate of drug-likeness (QED) is 0.678. The summed E-state index contributed by atoms with van der Waals surface area (Å²) in [4.78, 5) is 24.1. The maximum Gasteiger partial charge on any atom is 0.337 e. The van der Waals surface area contributed by atoms with E-state index in [1.165, 1.54) is 7.11 Å². The van der Waals surface area contributed by atoms with Gasteiger partial charge in [-0.05, 0) is 49.7 Å². The molecule has 0 aliphatic heterocycles. The first-order chi connectivity index (χ1) is 13.0. The number of furan rings is 1. The van der Waals surface area contributed by atoms with Gasteiger partial charge in [-0.2, -0.15) is 0 Å². The van der Waals surface area contributed by atoms with Crippen LogP contribution in [0.2, 0.25) is 0 Å². The second-order valence-electron chi connectivity index (χ2n) is 6.32. The van der Waals surface area contributed by atoms with Crippen molar-refractivity contribution in [2.75, 3.05) is 7.11 Å². The highest BCUT2D eigenvalue weighted by atomic mass is 16.5. The Morgan fingerprint density at radius 2 is 1.89 bits per heavy atom. The molecule has 2 heterocycles. The van der Waals surface area contributed by atoms with Crippen LogP contribution in [0.4, 0.5) is 0 Å². The normalized spacial score (nSPS) is 10.6. The van der Waals surface area contributed by atoms with Gasteiger partial charge in [-0.3, -0.25) is 4.79 Å². The summed E-state index contributed by atoms with van der Waals surface area (Å²) in [5.41, 5.74) is 3.92. The fourth-order valence-corrected chi connectivity index (χ4v) is 2.99. The van der Waals surface area contributed by atoms with Crippen molar-refractivity contribution in [2.45, 2.75) is 26.9 Å². The van der Waals surface area contributed by atoms with E-state index in [1.54, 1.807) is 30.5 Å². The van der Waals surface area contributed by atoms with Gasteiger partial charge in [0.25, 0.3) is 5.91 Å². The molecule has 2 aromatic heterocycles. The Hall–Kier alpha value is -3.28. The molecule has 27 heavy (non-hydrogen) atoms. The lowest BCUT2D eigenvalue weighted by atomic mass is 10.1. The van der Waals surface area contributed by atoms with Crippen molar-refractivity contribution >= 4 is 11.9 Å². The van der Waals surface area contributed by atoms with Gasteiger partial charge >= 0.3 is 5.97 Å². The average molecular weight is 366 g/mol. The van der Waals surface area contributed by atoms with Gasteiger partial charge in [-0.1, -0.05) is 12.1 Å². The smallest absolute Gasteiger partial charge is 0.337 e. The van der Waals surface area contributed by atoms with Crippen LogP contribution in [0.5, 0.6) is 0 Å². The molecule has 0 bridgehead atoms. The van der Waals surface area contributed by atoms with E-state index in [0.29, 0.717) is 24.2 Å². The average Bonchev–Trinajstić information content (AvgIpc) is 3.29. The molecule has 140 valence electrons. The molecule has 0 atom stereocenters. The molecule has 0 unspecified atom stereocenters. The zero-order valence-electron chi connectivity index (χ0n) is 15.6. The maximum absolute atomic E-state index is 12.6. The topological polar surface area (TPSA) is 73.5 Å². The number of amides is 1. The van der Waals surface area contributed by atoms with Crippen LogP contribution in [0, 0.1) is 13.8 Å². The molecule has 6 nitrogen and oxygen atoms in total. The molecule has 0 saturated heterocycles. The van der Waals surface area contributed by atoms with Gasteiger partial charge in [0.15, 0.2) is 0 Å². The molecule has 0 saturated carbocycles. The Labute approximate surface area is 157 Å². The summed E-state index contributed by atoms with van der Waals surface area (Å²) >= 11 is 0. The van der Waals surface area contributed by atoms with Crippen LogP contribution in [0.25, 0.3) is 0 Å². The van der Waals surface area contributed by atoms with Crippen molar-refractivity contribution in [1.29, 1.82) is 0 Å². The number of hydrogen-bond donors (Lipinski definition) is 1. The lowest BCUT2D eigenvalue weighted by molar-refractivity contribution is 0.0600. The number of aromatic nitrogens is 1. The molecular weight excluding hydrogens is 344 g/mol. The van der Waals surface area contributed by atoms with Gasteiger partial charge in [0, 0.05) is 17.9 Å². The lowest BCUT2D eigenvalue weighted by Gasteiger charge is -2.09. The van der Waals surface area contributed by atoms with Gasteiger partial charge in [-0.25, -0.2) is 4.79 Å². The minimum absolute atomic E-state index is 0.133. The minimum atomic E-state index is -0.380. The summed E-state index contributed by atoms with van der Waals surface area (Å²) in [6.07, 6.45) is 1.64. The lowest BCUT2D eigenvalue weighted by Crippen LogP contribution is -2.23.